The summed E-state index contributed by atoms with van der Waals surface area (Å²) in [6.45, 7) is 1.35. The second-order valence-electron chi connectivity index (χ2n) is 6.23. The Morgan fingerprint density at radius 1 is 1.23 bits per heavy atom. The molecule has 1 aliphatic rings. The molecule has 1 fully saturated rings. The number of hydrogen-bond acceptors (Lipinski definition) is 7. The van der Waals surface area contributed by atoms with Crippen LogP contribution >= 0.6 is 23.9 Å². The van der Waals surface area contributed by atoms with E-state index < -0.39 is 34.6 Å². The number of nitrogens with zero attached hydrogens (tertiary/aromatic N) is 2. The van der Waals surface area contributed by atoms with Gasteiger partial charge in [-0.2, -0.15) is 4.37 Å². The molecule has 0 atom stereocenters. The average Bonchev–Trinajstić information content (AvgIpc) is 3.06. The molecule has 1 aromatic carbocycles. The molecular weight excluding hydrogens is 443 g/mol. The standard InChI is InChI=1S/C18H14F3N5O2S.ClH/c19-9-2-1-3-10(20)14(9)15-11(21)4-12(22)16(26-15)17(27)25-13-7-24-29-18(13)28-8-5-23-6-8;/h1-4,7-8,23H,5-6,22H2,(H,25,27);1H. The first-order valence-corrected chi connectivity index (χ1v) is 9.25. The van der Waals surface area contributed by atoms with Crippen LogP contribution in [0.25, 0.3) is 11.3 Å². The van der Waals surface area contributed by atoms with Crippen molar-refractivity contribution in [2.24, 2.45) is 0 Å². The Hall–Kier alpha value is -2.89. The molecule has 0 aliphatic carbocycles. The lowest BCUT2D eigenvalue weighted by molar-refractivity contribution is 0.102. The summed E-state index contributed by atoms with van der Waals surface area (Å²) in [6, 6.07) is 3.86. The highest BCUT2D eigenvalue weighted by molar-refractivity contribution is 7.08. The van der Waals surface area contributed by atoms with Crippen LogP contribution in [0.5, 0.6) is 5.06 Å². The number of anilines is 2. The number of rotatable bonds is 5. The topological polar surface area (TPSA) is 102 Å². The van der Waals surface area contributed by atoms with Gasteiger partial charge in [-0.25, -0.2) is 18.2 Å². The van der Waals surface area contributed by atoms with Gasteiger partial charge in [0.15, 0.2) is 11.5 Å². The van der Waals surface area contributed by atoms with E-state index in [0.29, 0.717) is 18.2 Å². The smallest absolute Gasteiger partial charge is 0.276 e. The van der Waals surface area contributed by atoms with Gasteiger partial charge in [0.25, 0.3) is 5.91 Å². The van der Waals surface area contributed by atoms with Crippen LogP contribution in [0.15, 0.2) is 30.5 Å². The van der Waals surface area contributed by atoms with E-state index in [1.807, 2.05) is 0 Å². The molecule has 3 heterocycles. The number of pyridine rings is 1. The fourth-order valence-electron chi connectivity index (χ4n) is 2.66. The zero-order valence-corrected chi connectivity index (χ0v) is 16.7. The Balaban J connectivity index is 0.00000256. The molecule has 0 saturated carbocycles. The number of carbonyl (C=O) groups is 1. The molecule has 7 nitrogen and oxygen atoms in total. The number of amides is 1. The summed E-state index contributed by atoms with van der Waals surface area (Å²) in [5.41, 5.74) is 4.01. The van der Waals surface area contributed by atoms with Gasteiger partial charge in [0.1, 0.15) is 29.1 Å². The van der Waals surface area contributed by atoms with Crippen LogP contribution < -0.4 is 21.1 Å². The molecule has 0 spiro atoms. The SMILES string of the molecule is Cl.Nc1cc(F)c(-c2c(F)cccc2F)nc1C(=O)Nc1cnsc1OC1CNC1. The lowest BCUT2D eigenvalue weighted by Crippen LogP contribution is -2.50. The van der Waals surface area contributed by atoms with Crippen LogP contribution in [0, 0.1) is 17.5 Å². The molecule has 1 aliphatic heterocycles. The van der Waals surface area contributed by atoms with Gasteiger partial charge >= 0.3 is 0 Å². The van der Waals surface area contributed by atoms with E-state index >= 15 is 0 Å². The Morgan fingerprint density at radius 2 is 1.93 bits per heavy atom. The number of halogens is 4. The fourth-order valence-corrected chi connectivity index (χ4v) is 3.29. The Labute approximate surface area is 179 Å². The first-order valence-electron chi connectivity index (χ1n) is 8.48. The third-order valence-electron chi connectivity index (χ3n) is 4.22. The second-order valence-corrected chi connectivity index (χ2v) is 7.00. The van der Waals surface area contributed by atoms with E-state index in [-0.39, 0.29) is 35.6 Å². The van der Waals surface area contributed by atoms with Gasteiger partial charge in [0.2, 0.25) is 5.06 Å². The van der Waals surface area contributed by atoms with Crippen molar-refractivity contribution in [3.8, 4) is 16.3 Å². The van der Waals surface area contributed by atoms with Crippen LogP contribution in [-0.4, -0.2) is 34.5 Å². The van der Waals surface area contributed by atoms with E-state index in [4.69, 9.17) is 10.5 Å². The molecule has 1 amide bonds. The summed E-state index contributed by atoms with van der Waals surface area (Å²) >= 11 is 1.05. The highest BCUT2D eigenvalue weighted by atomic mass is 35.5. The summed E-state index contributed by atoms with van der Waals surface area (Å²) < 4.78 is 52.1. The molecule has 12 heteroatoms. The van der Waals surface area contributed by atoms with Crippen molar-refractivity contribution in [3.63, 3.8) is 0 Å². The van der Waals surface area contributed by atoms with Crippen molar-refractivity contribution in [2.45, 2.75) is 6.10 Å². The zero-order chi connectivity index (χ0) is 20.5. The van der Waals surface area contributed by atoms with Crippen LogP contribution in [-0.2, 0) is 0 Å². The van der Waals surface area contributed by atoms with Crippen molar-refractivity contribution >= 4 is 41.2 Å². The zero-order valence-electron chi connectivity index (χ0n) is 15.1. The summed E-state index contributed by atoms with van der Waals surface area (Å²) in [6.07, 6.45) is 1.36. The summed E-state index contributed by atoms with van der Waals surface area (Å²) in [5, 5.41) is 5.99. The highest BCUT2D eigenvalue weighted by Crippen LogP contribution is 2.32. The number of nitrogens with one attached hydrogen (secondary N) is 2. The molecule has 0 radical (unpaired) electrons. The van der Waals surface area contributed by atoms with E-state index in [1.165, 1.54) is 6.20 Å². The van der Waals surface area contributed by atoms with E-state index in [1.54, 1.807) is 0 Å². The van der Waals surface area contributed by atoms with E-state index in [9.17, 15) is 18.0 Å². The van der Waals surface area contributed by atoms with Crippen LogP contribution in [0.3, 0.4) is 0 Å². The van der Waals surface area contributed by atoms with E-state index in [0.717, 1.165) is 35.8 Å². The van der Waals surface area contributed by atoms with Crippen molar-refractivity contribution in [2.75, 3.05) is 24.1 Å². The van der Waals surface area contributed by atoms with Gasteiger partial charge in [-0.3, -0.25) is 4.79 Å². The van der Waals surface area contributed by atoms with Crippen LogP contribution in [0.1, 0.15) is 10.5 Å². The van der Waals surface area contributed by atoms with Crippen molar-refractivity contribution in [1.29, 1.82) is 0 Å². The predicted octanol–water partition coefficient (Wildman–Crippen LogP) is 3.23. The molecule has 2 aromatic heterocycles. The van der Waals surface area contributed by atoms with Crippen molar-refractivity contribution < 1.29 is 22.7 Å². The minimum Gasteiger partial charge on any atom is -0.475 e. The van der Waals surface area contributed by atoms with Gasteiger partial charge in [-0.1, -0.05) is 6.07 Å². The number of ether oxygens (including phenoxy) is 1. The van der Waals surface area contributed by atoms with Gasteiger partial charge < -0.3 is 21.1 Å². The quantitative estimate of drug-likeness (QED) is 0.543. The monoisotopic (exact) mass is 457 g/mol. The largest absolute Gasteiger partial charge is 0.475 e. The molecule has 0 unspecified atom stereocenters. The Morgan fingerprint density at radius 3 is 2.57 bits per heavy atom. The van der Waals surface area contributed by atoms with Gasteiger partial charge in [0.05, 0.1) is 17.4 Å². The lowest BCUT2D eigenvalue weighted by Gasteiger charge is -2.27. The number of carbonyl (C=O) groups excluding carboxylic acids is 1. The summed E-state index contributed by atoms with van der Waals surface area (Å²) in [7, 11) is 0. The normalized spacial score (nSPS) is 13.3. The molecule has 3 aromatic rings. The average molecular weight is 458 g/mol. The summed E-state index contributed by atoms with van der Waals surface area (Å²) in [5.74, 6) is -3.88. The summed E-state index contributed by atoms with van der Waals surface area (Å²) in [4.78, 5) is 16.5. The fraction of sp³-hybridized carbons (Fsp3) is 0.167. The van der Waals surface area contributed by atoms with E-state index in [2.05, 4.69) is 20.0 Å². The highest BCUT2D eigenvalue weighted by Gasteiger charge is 2.24. The minimum absolute atomic E-state index is 0. The first kappa shape index (κ1) is 21.8. The Bertz CT molecular complexity index is 1070. The molecule has 4 rings (SSSR count). The van der Waals surface area contributed by atoms with Gasteiger partial charge in [-0.05, 0) is 12.1 Å². The number of aromatic nitrogens is 2. The lowest BCUT2D eigenvalue weighted by atomic mass is 10.1. The molecule has 158 valence electrons. The number of nitrogens with two attached hydrogens (primary N) is 1. The number of nitrogen functional groups attached to an aromatic ring is 1. The van der Waals surface area contributed by atoms with Gasteiger partial charge in [0, 0.05) is 30.7 Å². The molecule has 1 saturated heterocycles. The third kappa shape index (κ3) is 4.18. The maximum absolute atomic E-state index is 14.3. The third-order valence-corrected chi connectivity index (χ3v) is 4.92. The van der Waals surface area contributed by atoms with Crippen molar-refractivity contribution in [3.05, 3.63) is 53.6 Å². The number of benzene rings is 1. The van der Waals surface area contributed by atoms with Crippen LogP contribution in [0.2, 0.25) is 0 Å². The molecule has 0 bridgehead atoms. The molecule has 4 N–H and O–H groups in total. The van der Waals surface area contributed by atoms with Gasteiger partial charge in [-0.15, -0.1) is 12.4 Å². The molecular formula is C18H15ClF3N5O2S. The molecule has 30 heavy (non-hydrogen) atoms. The second kappa shape index (κ2) is 8.86. The maximum atomic E-state index is 14.3. The minimum atomic E-state index is -1.05. The Kier molecular flexibility index (Phi) is 6.44. The maximum Gasteiger partial charge on any atom is 0.276 e. The predicted molar refractivity (Wildman–Crippen MR) is 109 cm³/mol. The van der Waals surface area contributed by atoms with Crippen LogP contribution in [0.4, 0.5) is 24.5 Å². The van der Waals surface area contributed by atoms with Crippen molar-refractivity contribution in [1.82, 2.24) is 14.7 Å². The number of hydrogen-bond donors (Lipinski definition) is 3. The first-order chi connectivity index (χ1) is 13.9.